The zero-order valence-electron chi connectivity index (χ0n) is 8.43. The average Bonchev–Trinajstić information content (AvgIpc) is 2.76. The van der Waals surface area contributed by atoms with Crippen molar-refractivity contribution in [1.82, 2.24) is 15.3 Å². The molecular weight excluding hydrogens is 222 g/mol. The van der Waals surface area contributed by atoms with E-state index >= 15 is 0 Å². The summed E-state index contributed by atoms with van der Waals surface area (Å²) in [5.74, 6) is 0.138. The van der Waals surface area contributed by atoms with Crippen LogP contribution in [0.4, 0.5) is 0 Å². The topological polar surface area (TPSA) is 54.9 Å². The molecule has 0 saturated carbocycles. The normalized spacial score (nSPS) is 14.9. The van der Waals surface area contributed by atoms with Gasteiger partial charge < -0.3 is 5.32 Å². The maximum Gasteiger partial charge on any atom is 0.188 e. The molecule has 2 aromatic heterocycles. The molecule has 16 heavy (non-hydrogen) atoms. The van der Waals surface area contributed by atoms with Gasteiger partial charge in [0.05, 0.1) is 17.1 Å². The van der Waals surface area contributed by atoms with E-state index in [4.69, 9.17) is 0 Å². The van der Waals surface area contributed by atoms with Gasteiger partial charge in [-0.2, -0.15) is 0 Å². The fourth-order valence-corrected chi connectivity index (χ4v) is 2.71. The second kappa shape index (κ2) is 3.77. The molecule has 3 heterocycles. The summed E-state index contributed by atoms with van der Waals surface area (Å²) in [7, 11) is 0. The van der Waals surface area contributed by atoms with E-state index in [2.05, 4.69) is 15.3 Å². The van der Waals surface area contributed by atoms with Crippen LogP contribution in [0.5, 0.6) is 0 Å². The Morgan fingerprint density at radius 1 is 1.25 bits per heavy atom. The fraction of sp³-hybridized carbons (Fsp3) is 0.182. The van der Waals surface area contributed by atoms with E-state index in [-0.39, 0.29) is 5.78 Å². The van der Waals surface area contributed by atoms with Gasteiger partial charge in [-0.25, -0.2) is 4.98 Å². The van der Waals surface area contributed by atoms with Crippen molar-refractivity contribution in [2.45, 2.75) is 6.54 Å². The number of carbonyl (C=O) groups is 1. The van der Waals surface area contributed by atoms with Gasteiger partial charge in [0, 0.05) is 24.5 Å². The highest BCUT2D eigenvalue weighted by atomic mass is 32.1. The van der Waals surface area contributed by atoms with Gasteiger partial charge in [-0.3, -0.25) is 9.78 Å². The quantitative estimate of drug-likeness (QED) is 0.808. The van der Waals surface area contributed by atoms with Crippen molar-refractivity contribution in [2.24, 2.45) is 0 Å². The maximum atomic E-state index is 11.6. The van der Waals surface area contributed by atoms with Crippen molar-refractivity contribution >= 4 is 17.1 Å². The summed E-state index contributed by atoms with van der Waals surface area (Å²) in [6.45, 7) is 1.10. The van der Waals surface area contributed by atoms with Crippen molar-refractivity contribution < 1.29 is 4.79 Å². The molecule has 0 atom stereocenters. The Labute approximate surface area is 96.4 Å². The number of nitrogens with zero attached hydrogens (tertiary/aromatic N) is 2. The number of thiazole rings is 1. The summed E-state index contributed by atoms with van der Waals surface area (Å²) >= 11 is 1.47. The zero-order chi connectivity index (χ0) is 11.0. The molecule has 1 aliphatic rings. The number of pyridine rings is 1. The van der Waals surface area contributed by atoms with Gasteiger partial charge >= 0.3 is 0 Å². The third-order valence-electron chi connectivity index (χ3n) is 2.46. The first-order valence-electron chi connectivity index (χ1n) is 4.98. The first-order chi connectivity index (χ1) is 7.84. The number of rotatable bonds is 1. The van der Waals surface area contributed by atoms with Crippen molar-refractivity contribution in [3.05, 3.63) is 35.1 Å². The molecule has 0 unspecified atom stereocenters. The lowest BCUT2D eigenvalue weighted by Gasteiger charge is -2.08. The van der Waals surface area contributed by atoms with E-state index in [1.807, 2.05) is 12.1 Å². The Bertz CT molecular complexity index is 535. The van der Waals surface area contributed by atoms with Crippen molar-refractivity contribution in [3.8, 4) is 10.6 Å². The molecule has 0 fully saturated rings. The molecule has 4 nitrogen and oxygen atoms in total. The molecule has 0 spiro atoms. The lowest BCUT2D eigenvalue weighted by molar-refractivity contribution is 0.0986. The van der Waals surface area contributed by atoms with Crippen LogP contribution in [-0.4, -0.2) is 22.3 Å². The number of ketones is 1. The van der Waals surface area contributed by atoms with E-state index in [0.29, 0.717) is 13.1 Å². The Morgan fingerprint density at radius 2 is 2.06 bits per heavy atom. The second-order valence-electron chi connectivity index (χ2n) is 3.56. The lowest BCUT2D eigenvalue weighted by atomic mass is 10.2. The number of nitrogens with one attached hydrogen (secondary N) is 1. The first-order valence-corrected chi connectivity index (χ1v) is 5.80. The molecule has 0 bridgehead atoms. The Balaban J connectivity index is 2.08. The van der Waals surface area contributed by atoms with E-state index in [0.717, 1.165) is 21.1 Å². The molecule has 0 saturated heterocycles. The van der Waals surface area contributed by atoms with E-state index in [9.17, 15) is 4.79 Å². The van der Waals surface area contributed by atoms with Gasteiger partial charge in [-0.15, -0.1) is 11.3 Å². The number of hydrogen-bond acceptors (Lipinski definition) is 5. The molecule has 2 aromatic rings. The van der Waals surface area contributed by atoms with Crippen LogP contribution >= 0.6 is 11.3 Å². The summed E-state index contributed by atoms with van der Waals surface area (Å²) in [6, 6.07) is 3.81. The summed E-state index contributed by atoms with van der Waals surface area (Å²) in [4.78, 5) is 20.9. The summed E-state index contributed by atoms with van der Waals surface area (Å²) < 4.78 is 0. The predicted molar refractivity (Wildman–Crippen MR) is 61.4 cm³/mol. The van der Waals surface area contributed by atoms with Crippen LogP contribution in [0.15, 0.2) is 24.5 Å². The summed E-state index contributed by atoms with van der Waals surface area (Å²) in [5.41, 5.74) is 1.88. The predicted octanol–water partition coefficient (Wildman–Crippen LogP) is 1.49. The van der Waals surface area contributed by atoms with Crippen LogP contribution in [0.2, 0.25) is 0 Å². The van der Waals surface area contributed by atoms with Gasteiger partial charge in [0.2, 0.25) is 0 Å². The Morgan fingerprint density at radius 3 is 2.81 bits per heavy atom. The van der Waals surface area contributed by atoms with Crippen LogP contribution in [-0.2, 0) is 6.54 Å². The first kappa shape index (κ1) is 9.62. The smallest absolute Gasteiger partial charge is 0.188 e. The maximum absolute atomic E-state index is 11.6. The number of aromatic nitrogens is 2. The fourth-order valence-electron chi connectivity index (χ4n) is 1.68. The van der Waals surface area contributed by atoms with E-state index in [1.54, 1.807) is 12.4 Å². The molecule has 1 N–H and O–H groups in total. The minimum Gasteiger partial charge on any atom is -0.304 e. The van der Waals surface area contributed by atoms with Gasteiger partial charge in [-0.05, 0) is 12.1 Å². The highest BCUT2D eigenvalue weighted by Crippen LogP contribution is 2.29. The van der Waals surface area contributed by atoms with Crippen molar-refractivity contribution in [3.63, 3.8) is 0 Å². The van der Waals surface area contributed by atoms with Gasteiger partial charge in [0.1, 0.15) is 5.01 Å². The minimum absolute atomic E-state index is 0.138. The number of Topliss-reactive ketones (excluding diaryl/α,β-unsaturated/α-hetero) is 1. The lowest BCUT2D eigenvalue weighted by Crippen LogP contribution is -2.28. The zero-order valence-corrected chi connectivity index (χ0v) is 9.25. The standard InChI is InChI=1S/C11H9N3OS/c15-9-6-13-5-8-10(9)16-11(14-8)7-1-3-12-4-2-7/h1-4,13H,5-6H2. The van der Waals surface area contributed by atoms with Gasteiger partial charge in [-0.1, -0.05) is 0 Å². The molecule has 0 amide bonds. The second-order valence-corrected chi connectivity index (χ2v) is 4.56. The number of fused-ring (bicyclic) bond motifs is 1. The molecule has 3 rings (SSSR count). The highest BCUT2D eigenvalue weighted by molar-refractivity contribution is 7.17. The molecule has 0 aromatic carbocycles. The summed E-state index contributed by atoms with van der Waals surface area (Å²) in [6.07, 6.45) is 3.46. The molecule has 0 aliphatic carbocycles. The number of carbonyl (C=O) groups excluding carboxylic acids is 1. The van der Waals surface area contributed by atoms with Gasteiger partial charge in [0.15, 0.2) is 5.78 Å². The van der Waals surface area contributed by atoms with Gasteiger partial charge in [0.25, 0.3) is 0 Å². The Kier molecular flexibility index (Phi) is 2.27. The van der Waals surface area contributed by atoms with Crippen LogP contribution in [0, 0.1) is 0 Å². The average molecular weight is 231 g/mol. The monoisotopic (exact) mass is 231 g/mol. The number of hydrogen-bond donors (Lipinski definition) is 1. The minimum atomic E-state index is 0.138. The van der Waals surface area contributed by atoms with Crippen molar-refractivity contribution in [2.75, 3.05) is 6.54 Å². The molecule has 0 radical (unpaired) electrons. The van der Waals surface area contributed by atoms with Crippen molar-refractivity contribution in [1.29, 1.82) is 0 Å². The molecule has 1 aliphatic heterocycles. The molecule has 5 heteroatoms. The van der Waals surface area contributed by atoms with Crippen LogP contribution < -0.4 is 5.32 Å². The summed E-state index contributed by atoms with van der Waals surface area (Å²) in [5, 5.41) is 3.93. The third-order valence-corrected chi connectivity index (χ3v) is 3.64. The SMILES string of the molecule is O=C1CNCc2nc(-c3ccncc3)sc21. The van der Waals surface area contributed by atoms with E-state index in [1.165, 1.54) is 11.3 Å². The highest BCUT2D eigenvalue weighted by Gasteiger charge is 2.22. The third kappa shape index (κ3) is 1.54. The molecular formula is C11H9N3OS. The molecule has 80 valence electrons. The van der Waals surface area contributed by atoms with Crippen LogP contribution in [0.3, 0.4) is 0 Å². The Hall–Kier alpha value is -1.59. The largest absolute Gasteiger partial charge is 0.304 e. The van der Waals surface area contributed by atoms with E-state index < -0.39 is 0 Å². The van der Waals surface area contributed by atoms with Crippen LogP contribution in [0.25, 0.3) is 10.6 Å². The van der Waals surface area contributed by atoms with Crippen LogP contribution in [0.1, 0.15) is 15.4 Å².